The molecule has 0 unspecified atom stereocenters. The number of aromatic nitrogens is 4. The molecule has 1 N–H and O–H groups in total. The Bertz CT molecular complexity index is 981. The molecule has 0 aliphatic carbocycles. The Hall–Kier alpha value is -2.06. The predicted molar refractivity (Wildman–Crippen MR) is 111 cm³/mol. The minimum atomic E-state index is 0.0105. The van der Waals surface area contributed by atoms with E-state index in [9.17, 15) is 4.79 Å². The molecule has 0 spiro atoms. The van der Waals surface area contributed by atoms with Crippen LogP contribution in [0.2, 0.25) is 0 Å². The molecule has 1 aliphatic heterocycles. The Labute approximate surface area is 166 Å². The number of thioether (sulfide) groups is 2. The van der Waals surface area contributed by atoms with E-state index in [1.165, 1.54) is 23.4 Å². The molecular formula is C19H21N5OS2. The van der Waals surface area contributed by atoms with Crippen molar-refractivity contribution in [1.82, 2.24) is 19.6 Å². The molecule has 0 atom stereocenters. The van der Waals surface area contributed by atoms with Crippen molar-refractivity contribution in [2.24, 2.45) is 0 Å². The maximum Gasteiger partial charge on any atom is 0.252 e. The van der Waals surface area contributed by atoms with E-state index >= 15 is 0 Å². The lowest BCUT2D eigenvalue weighted by Crippen LogP contribution is -2.14. The van der Waals surface area contributed by atoms with Crippen molar-refractivity contribution in [2.45, 2.75) is 31.3 Å². The van der Waals surface area contributed by atoms with E-state index in [1.807, 2.05) is 49.5 Å². The van der Waals surface area contributed by atoms with Crippen molar-refractivity contribution in [3.8, 4) is 0 Å². The monoisotopic (exact) mass is 399 g/mol. The molecule has 1 amide bonds. The topological polar surface area (TPSA) is 72.2 Å². The molecule has 140 valence electrons. The highest BCUT2D eigenvalue weighted by Crippen LogP contribution is 2.45. The minimum absolute atomic E-state index is 0.0105. The lowest BCUT2D eigenvalue weighted by Gasteiger charge is -2.12. The molecule has 1 fully saturated rings. The van der Waals surface area contributed by atoms with Gasteiger partial charge in [-0.3, -0.25) is 4.79 Å². The highest BCUT2D eigenvalue weighted by atomic mass is 32.2. The summed E-state index contributed by atoms with van der Waals surface area (Å²) < 4.78 is 2.20. The summed E-state index contributed by atoms with van der Waals surface area (Å²) in [5, 5.41) is 7.24. The molecule has 0 bridgehead atoms. The Kier molecular flexibility index (Phi) is 5.36. The van der Waals surface area contributed by atoms with E-state index in [1.54, 1.807) is 4.52 Å². The molecule has 0 radical (unpaired) electrons. The van der Waals surface area contributed by atoms with Crippen LogP contribution in [0.4, 0.5) is 5.69 Å². The fraction of sp³-hybridized carbons (Fsp3) is 0.368. The van der Waals surface area contributed by atoms with Gasteiger partial charge < -0.3 is 5.32 Å². The van der Waals surface area contributed by atoms with E-state index in [-0.39, 0.29) is 5.91 Å². The van der Waals surface area contributed by atoms with Crippen molar-refractivity contribution in [1.29, 1.82) is 0 Å². The first-order valence-corrected chi connectivity index (χ1v) is 11.0. The summed E-state index contributed by atoms with van der Waals surface area (Å²) in [4.78, 5) is 21.1. The minimum Gasteiger partial charge on any atom is -0.326 e. The van der Waals surface area contributed by atoms with Gasteiger partial charge in [-0.05, 0) is 43.5 Å². The second kappa shape index (κ2) is 7.90. The molecule has 8 heteroatoms. The number of nitrogens with zero attached hydrogens (tertiary/aromatic N) is 4. The van der Waals surface area contributed by atoms with Crippen molar-refractivity contribution in [3.63, 3.8) is 0 Å². The number of fused-ring (bicyclic) bond motifs is 1. The van der Waals surface area contributed by atoms with Gasteiger partial charge in [0.1, 0.15) is 6.33 Å². The standard InChI is InChI=1S/C19H21N5OS2/c1-12-16(13(2)24-19(22-12)20-11-21-24)6-7-17(25)23-15-5-3-4-14(10-15)18-26-8-9-27-18/h3-5,10-11,18H,6-9H2,1-2H3,(H,23,25). The highest BCUT2D eigenvalue weighted by molar-refractivity contribution is 8.19. The number of carbonyl (C=O) groups excluding carboxylic acids is 1. The number of anilines is 1. The van der Waals surface area contributed by atoms with Gasteiger partial charge >= 0.3 is 0 Å². The second-order valence-corrected chi connectivity index (χ2v) is 9.20. The molecule has 1 aromatic carbocycles. The molecule has 3 heterocycles. The summed E-state index contributed by atoms with van der Waals surface area (Å²) in [6.07, 6.45) is 2.53. The highest BCUT2D eigenvalue weighted by Gasteiger charge is 2.18. The molecule has 3 aromatic rings. The quantitative estimate of drug-likeness (QED) is 0.704. The number of aryl methyl sites for hydroxylation is 2. The zero-order valence-corrected chi connectivity index (χ0v) is 16.9. The van der Waals surface area contributed by atoms with Gasteiger partial charge in [-0.25, -0.2) is 9.50 Å². The third kappa shape index (κ3) is 3.96. The largest absolute Gasteiger partial charge is 0.326 e. The van der Waals surface area contributed by atoms with E-state index in [0.29, 0.717) is 23.2 Å². The van der Waals surface area contributed by atoms with Gasteiger partial charge in [0.15, 0.2) is 0 Å². The fourth-order valence-corrected chi connectivity index (χ4v) is 6.13. The fourth-order valence-electron chi connectivity index (χ4n) is 3.29. The second-order valence-electron chi connectivity index (χ2n) is 6.48. The number of carbonyl (C=O) groups is 1. The van der Waals surface area contributed by atoms with Crippen molar-refractivity contribution < 1.29 is 4.79 Å². The summed E-state index contributed by atoms with van der Waals surface area (Å²) >= 11 is 3.93. The summed E-state index contributed by atoms with van der Waals surface area (Å²) in [7, 11) is 0. The van der Waals surface area contributed by atoms with Gasteiger partial charge in [0.05, 0.1) is 4.58 Å². The van der Waals surface area contributed by atoms with Gasteiger partial charge in [-0.15, -0.1) is 23.5 Å². The molecule has 6 nitrogen and oxygen atoms in total. The van der Waals surface area contributed by atoms with Gasteiger partial charge in [0, 0.05) is 35.0 Å². The Balaban J connectivity index is 1.42. The van der Waals surface area contributed by atoms with E-state index in [4.69, 9.17) is 0 Å². The first-order chi connectivity index (χ1) is 13.1. The molecule has 2 aromatic heterocycles. The summed E-state index contributed by atoms with van der Waals surface area (Å²) in [5.41, 5.74) is 5.07. The third-order valence-corrected chi connectivity index (χ3v) is 7.76. The number of rotatable bonds is 5. The lowest BCUT2D eigenvalue weighted by atomic mass is 10.1. The van der Waals surface area contributed by atoms with Crippen LogP contribution in [0.3, 0.4) is 0 Å². The summed E-state index contributed by atoms with van der Waals surface area (Å²) in [6.45, 7) is 3.94. The van der Waals surface area contributed by atoms with Crippen LogP contribution in [0.25, 0.3) is 5.78 Å². The molecule has 27 heavy (non-hydrogen) atoms. The van der Waals surface area contributed by atoms with E-state index in [0.717, 1.165) is 22.6 Å². The number of hydrogen-bond donors (Lipinski definition) is 1. The van der Waals surface area contributed by atoms with Crippen molar-refractivity contribution >= 4 is 40.9 Å². The number of amides is 1. The zero-order valence-electron chi connectivity index (χ0n) is 15.3. The number of hydrogen-bond acceptors (Lipinski definition) is 6. The molecule has 1 saturated heterocycles. The third-order valence-electron chi connectivity index (χ3n) is 4.66. The molecule has 1 aliphatic rings. The number of nitrogens with one attached hydrogen (secondary N) is 1. The molecular weight excluding hydrogens is 378 g/mol. The van der Waals surface area contributed by atoms with Gasteiger partial charge in [0.2, 0.25) is 5.91 Å². The normalized spacial score (nSPS) is 14.7. The SMILES string of the molecule is Cc1nc2ncnn2c(C)c1CCC(=O)Nc1cccc(C2SCCS2)c1. The maximum atomic E-state index is 12.5. The first kappa shape index (κ1) is 18.3. The van der Waals surface area contributed by atoms with E-state index in [2.05, 4.69) is 32.5 Å². The van der Waals surface area contributed by atoms with Crippen LogP contribution >= 0.6 is 23.5 Å². The average molecular weight is 400 g/mol. The van der Waals surface area contributed by atoms with Crippen LogP contribution < -0.4 is 5.32 Å². The van der Waals surface area contributed by atoms with Crippen LogP contribution in [-0.4, -0.2) is 37.0 Å². The molecule has 4 rings (SSSR count). The van der Waals surface area contributed by atoms with Crippen LogP contribution in [-0.2, 0) is 11.2 Å². The smallest absolute Gasteiger partial charge is 0.252 e. The maximum absolute atomic E-state index is 12.5. The van der Waals surface area contributed by atoms with Gasteiger partial charge in [0.25, 0.3) is 5.78 Å². The van der Waals surface area contributed by atoms with Crippen molar-refractivity contribution in [3.05, 3.63) is 53.1 Å². The summed E-state index contributed by atoms with van der Waals surface area (Å²) in [5.74, 6) is 2.98. The Morgan fingerprint density at radius 1 is 1.30 bits per heavy atom. The first-order valence-electron chi connectivity index (χ1n) is 8.90. The lowest BCUT2D eigenvalue weighted by molar-refractivity contribution is -0.116. The van der Waals surface area contributed by atoms with Gasteiger partial charge in [-0.1, -0.05) is 12.1 Å². The van der Waals surface area contributed by atoms with Crippen LogP contribution in [0.1, 0.15) is 33.5 Å². The zero-order chi connectivity index (χ0) is 18.8. The van der Waals surface area contributed by atoms with Crippen LogP contribution in [0, 0.1) is 13.8 Å². The Morgan fingerprint density at radius 2 is 2.11 bits per heavy atom. The van der Waals surface area contributed by atoms with Crippen LogP contribution in [0.15, 0.2) is 30.6 Å². The number of benzene rings is 1. The van der Waals surface area contributed by atoms with E-state index < -0.39 is 0 Å². The van der Waals surface area contributed by atoms with Gasteiger partial charge in [-0.2, -0.15) is 10.1 Å². The summed E-state index contributed by atoms with van der Waals surface area (Å²) in [6, 6.07) is 8.19. The predicted octanol–water partition coefficient (Wildman–Crippen LogP) is 3.79. The Morgan fingerprint density at radius 3 is 2.93 bits per heavy atom. The van der Waals surface area contributed by atoms with Crippen molar-refractivity contribution in [2.75, 3.05) is 16.8 Å². The molecule has 0 saturated carbocycles. The average Bonchev–Trinajstić information content (AvgIpc) is 3.33. The van der Waals surface area contributed by atoms with Crippen LogP contribution in [0.5, 0.6) is 0 Å².